The van der Waals surface area contributed by atoms with Crippen LogP contribution >= 0.6 is 0 Å². The average Bonchev–Trinajstić information content (AvgIpc) is 3.99. The molecule has 2 aromatic carbocycles. The lowest BCUT2D eigenvalue weighted by molar-refractivity contribution is -0.155. The summed E-state index contributed by atoms with van der Waals surface area (Å²) >= 11 is 0. The molecule has 1 unspecified atom stereocenters. The number of hydrazine groups is 1. The Hall–Kier alpha value is -6.06. The highest BCUT2D eigenvalue weighted by Gasteiger charge is 2.54. The Kier molecular flexibility index (Phi) is 13.4. The lowest BCUT2D eigenvalue weighted by atomic mass is 9.84. The predicted molar refractivity (Wildman–Crippen MR) is 254 cm³/mol. The lowest BCUT2D eigenvalue weighted by Gasteiger charge is -2.37. The summed E-state index contributed by atoms with van der Waals surface area (Å²) < 4.78 is 14.2. The molecule has 5 atom stereocenters. The molecular formula is C52H65N7O8. The molecule has 0 radical (unpaired) electrons. The number of phenolic OH excluding ortho intramolecular Hbond substituents is 1. The van der Waals surface area contributed by atoms with Crippen LogP contribution in [0.2, 0.25) is 0 Å². The fraction of sp³-hybridized carbons (Fsp3) is 0.500. The summed E-state index contributed by atoms with van der Waals surface area (Å²) in [6, 6.07) is 12.6. The van der Waals surface area contributed by atoms with E-state index in [1.165, 1.54) is 11.1 Å². The number of nitrogens with zero attached hydrogens (tertiary/aromatic N) is 5. The van der Waals surface area contributed by atoms with Crippen LogP contribution in [0.5, 0.6) is 5.75 Å². The zero-order valence-electron chi connectivity index (χ0n) is 39.9. The van der Waals surface area contributed by atoms with Gasteiger partial charge in [-0.05, 0) is 117 Å². The van der Waals surface area contributed by atoms with Gasteiger partial charge >= 0.3 is 5.97 Å². The minimum Gasteiger partial charge on any atom is -0.508 e. The molecule has 3 fully saturated rings. The predicted octanol–water partition coefficient (Wildman–Crippen LogP) is 6.11. The van der Waals surface area contributed by atoms with Crippen LogP contribution < -0.4 is 10.7 Å². The molecule has 15 nitrogen and oxygen atoms in total. The number of rotatable bonds is 9. The van der Waals surface area contributed by atoms with Crippen molar-refractivity contribution in [3.8, 4) is 28.1 Å². The number of aromatic hydroxyl groups is 1. The van der Waals surface area contributed by atoms with E-state index < -0.39 is 46.7 Å². The van der Waals surface area contributed by atoms with E-state index in [1.54, 1.807) is 35.2 Å². The van der Waals surface area contributed by atoms with E-state index in [0.717, 1.165) is 44.5 Å². The maximum Gasteiger partial charge on any atom is 0.324 e. The lowest BCUT2D eigenvalue weighted by Crippen LogP contribution is -2.62. The van der Waals surface area contributed by atoms with Crippen LogP contribution in [0.25, 0.3) is 33.3 Å². The number of hydrogen-bond donors (Lipinski definition) is 3. The van der Waals surface area contributed by atoms with Crippen molar-refractivity contribution < 1.29 is 38.6 Å². The van der Waals surface area contributed by atoms with E-state index in [4.69, 9.17) is 14.5 Å². The number of benzene rings is 2. The molecule has 0 aliphatic carbocycles. The number of esters is 1. The Morgan fingerprint density at radius 2 is 1.84 bits per heavy atom. The number of aromatic nitrogens is 2. The number of hydrogen-bond acceptors (Lipinski definition) is 10. The molecule has 6 heterocycles. The van der Waals surface area contributed by atoms with E-state index in [1.807, 2.05) is 39.0 Å². The molecule has 4 amide bonds. The first-order chi connectivity index (χ1) is 32.0. The molecule has 4 aromatic rings. The van der Waals surface area contributed by atoms with E-state index >= 15 is 0 Å². The summed E-state index contributed by atoms with van der Waals surface area (Å²) in [5, 5.41) is 16.8. The summed E-state index contributed by atoms with van der Waals surface area (Å²) in [7, 11) is 1.67. The number of methoxy groups -OCH3 is 1. The van der Waals surface area contributed by atoms with E-state index in [9.17, 15) is 29.1 Å². The highest BCUT2D eigenvalue weighted by Crippen LogP contribution is 2.44. The van der Waals surface area contributed by atoms with Crippen LogP contribution in [0, 0.1) is 16.7 Å². The van der Waals surface area contributed by atoms with Crippen molar-refractivity contribution in [1.29, 1.82) is 0 Å². The Balaban J connectivity index is 1.20. The Bertz CT molecular complexity index is 2600. The van der Waals surface area contributed by atoms with Gasteiger partial charge in [-0.3, -0.25) is 34.0 Å². The molecule has 15 heteroatoms. The normalized spacial score (nSPS) is 23.1. The second-order valence-corrected chi connectivity index (χ2v) is 20.0. The number of nitrogens with one attached hydrogen (secondary N) is 2. The van der Waals surface area contributed by atoms with Crippen LogP contribution in [-0.2, 0) is 52.8 Å². The topological polar surface area (TPSA) is 176 Å². The first kappa shape index (κ1) is 47.4. The number of carbonyl (C=O) groups excluding carboxylic acids is 5. The molecule has 3 saturated heterocycles. The van der Waals surface area contributed by atoms with Crippen molar-refractivity contribution in [2.75, 3.05) is 39.9 Å². The Morgan fingerprint density at radius 3 is 2.57 bits per heavy atom. The van der Waals surface area contributed by atoms with Gasteiger partial charge < -0.3 is 34.3 Å². The molecule has 356 valence electrons. The van der Waals surface area contributed by atoms with Gasteiger partial charge in [0.25, 0.3) is 5.91 Å². The van der Waals surface area contributed by atoms with Gasteiger partial charge in [0.15, 0.2) is 0 Å². The van der Waals surface area contributed by atoms with Crippen molar-refractivity contribution in [3.63, 3.8) is 0 Å². The highest BCUT2D eigenvalue weighted by atomic mass is 16.5. The van der Waals surface area contributed by atoms with E-state index in [2.05, 4.69) is 60.9 Å². The number of carbonyl (C=O) groups is 5. The van der Waals surface area contributed by atoms with E-state index in [0.29, 0.717) is 57.3 Å². The summed E-state index contributed by atoms with van der Waals surface area (Å²) in [6.07, 6.45) is 5.24. The second kappa shape index (κ2) is 18.9. The largest absolute Gasteiger partial charge is 0.508 e. The maximum atomic E-state index is 14.8. The Morgan fingerprint density at radius 1 is 1.06 bits per heavy atom. The van der Waals surface area contributed by atoms with Crippen molar-refractivity contribution in [1.82, 2.24) is 35.1 Å². The molecular weight excluding hydrogens is 851 g/mol. The minimum absolute atomic E-state index is 0.000101. The molecule has 1 spiro atoms. The SMILES string of the molecule is C=CC(=O)N1CCC2(CCN([C@H](C(=O)N[C@H]3Cc4cc(O)cc(c4)-c4ccc5c(c4)c(c(-c4cccnc4[C@H](C)OC)n5CC)CC(C)(C)COC(=O)[C@@H]4CCCN(N4)C3=O)C(C)C)C2=O)C1. The first-order valence-electron chi connectivity index (χ1n) is 23.7. The number of likely N-dealkylation sites (tertiary alicyclic amines) is 2. The molecule has 4 aliphatic rings. The number of phenols is 1. The molecule has 3 N–H and O–H groups in total. The van der Waals surface area contributed by atoms with E-state index in [-0.39, 0.29) is 55.7 Å². The van der Waals surface area contributed by atoms with Crippen LogP contribution in [0.1, 0.15) is 90.2 Å². The van der Waals surface area contributed by atoms with Crippen LogP contribution in [0.3, 0.4) is 0 Å². The average molecular weight is 916 g/mol. The third kappa shape index (κ3) is 9.19. The van der Waals surface area contributed by atoms with Gasteiger partial charge in [0.2, 0.25) is 17.7 Å². The number of cyclic esters (lactones) is 1. The molecule has 2 aromatic heterocycles. The molecule has 8 rings (SSSR count). The van der Waals surface area contributed by atoms with Gasteiger partial charge in [-0.15, -0.1) is 0 Å². The third-order valence-electron chi connectivity index (χ3n) is 14.3. The first-order valence-corrected chi connectivity index (χ1v) is 23.7. The second-order valence-electron chi connectivity index (χ2n) is 20.0. The van der Waals surface area contributed by atoms with Crippen molar-refractivity contribution in [2.45, 2.75) is 111 Å². The van der Waals surface area contributed by atoms with Gasteiger partial charge in [0.05, 0.1) is 29.5 Å². The fourth-order valence-corrected chi connectivity index (χ4v) is 10.8. The third-order valence-corrected chi connectivity index (χ3v) is 14.3. The van der Waals surface area contributed by atoms with Crippen LogP contribution in [0.15, 0.2) is 67.4 Å². The molecule has 4 aliphatic heterocycles. The molecule has 6 bridgehead atoms. The smallest absolute Gasteiger partial charge is 0.324 e. The van der Waals surface area contributed by atoms with Crippen molar-refractivity contribution >= 4 is 40.5 Å². The number of amides is 4. The molecule has 0 saturated carbocycles. The number of pyridine rings is 1. The zero-order chi connectivity index (χ0) is 47.9. The van der Waals surface area contributed by atoms with Crippen LogP contribution in [0.4, 0.5) is 0 Å². The number of ether oxygens (including phenoxy) is 2. The summed E-state index contributed by atoms with van der Waals surface area (Å²) in [6.45, 7) is 17.7. The van der Waals surface area contributed by atoms with Gasteiger partial charge in [0, 0.05) is 74.3 Å². The highest BCUT2D eigenvalue weighted by molar-refractivity contribution is 5.97. The quantitative estimate of drug-likeness (QED) is 0.131. The van der Waals surface area contributed by atoms with Gasteiger partial charge in [-0.1, -0.05) is 46.4 Å². The molecule has 67 heavy (non-hydrogen) atoms. The minimum atomic E-state index is -1.15. The monoisotopic (exact) mass is 915 g/mol. The number of aryl methyl sites for hydroxylation is 1. The van der Waals surface area contributed by atoms with Gasteiger partial charge in [-0.2, -0.15) is 0 Å². The Labute approximate surface area is 392 Å². The van der Waals surface area contributed by atoms with Crippen molar-refractivity contribution in [3.05, 3.63) is 84.2 Å². The van der Waals surface area contributed by atoms with Gasteiger partial charge in [-0.25, -0.2) is 5.43 Å². The standard InChI is InChI=1S/C52H65N7O8/c1-9-43(61)56-21-17-52(29-56)18-22-58(50(52)65)45(31(3)4)47(62)54-41-25-33-23-35(26-36(60)24-33)34-15-16-42-38(27-34)39(46(57(42)10-2)37-13-11-19-53-44(37)32(5)66-8)28-51(6,7)30-67-49(64)40-14-12-20-59(55-40)48(41)63/h9,11,13,15-16,19,23-24,26-27,31-32,40-41,45,55,60H,1,10,12,14,17-18,20-22,25,28-30H2,2-8H3,(H,54,62)/t32-,40-,41-,45-,52?/m0/s1. The van der Waals surface area contributed by atoms with Gasteiger partial charge in [0.1, 0.15) is 23.9 Å². The number of fused-ring (bicyclic) bond motifs is 6. The van der Waals surface area contributed by atoms with Crippen LogP contribution in [-0.4, -0.2) is 117 Å². The summed E-state index contributed by atoms with van der Waals surface area (Å²) in [5.74, 6) is -2.16. The summed E-state index contributed by atoms with van der Waals surface area (Å²) in [5.41, 5.74) is 8.79. The fourth-order valence-electron chi connectivity index (χ4n) is 10.8. The summed E-state index contributed by atoms with van der Waals surface area (Å²) in [4.78, 5) is 78.3. The zero-order valence-corrected chi connectivity index (χ0v) is 39.9. The van der Waals surface area contributed by atoms with Crippen molar-refractivity contribution in [2.24, 2.45) is 16.7 Å². The maximum absolute atomic E-state index is 14.8.